The molecule has 1 aliphatic heterocycles. The molecule has 0 radical (unpaired) electrons. The largest absolute Gasteiger partial charge is 0.492 e. The molecule has 35 heavy (non-hydrogen) atoms. The Balaban J connectivity index is 1.53. The minimum absolute atomic E-state index is 0.315. The van der Waals surface area contributed by atoms with Gasteiger partial charge in [0.1, 0.15) is 5.75 Å². The van der Waals surface area contributed by atoms with E-state index >= 15 is 0 Å². The second kappa shape index (κ2) is 10.2. The molecule has 6 heteroatoms. The van der Waals surface area contributed by atoms with Gasteiger partial charge in [0, 0.05) is 29.4 Å². The number of piperidine rings is 1. The number of fused-ring (bicyclic) bond motifs is 1. The van der Waals surface area contributed by atoms with E-state index in [2.05, 4.69) is 23.5 Å². The highest BCUT2D eigenvalue weighted by Crippen LogP contribution is 2.38. The minimum atomic E-state index is -3.23. The first kappa shape index (κ1) is 23.5. The summed E-state index contributed by atoms with van der Waals surface area (Å²) in [5.41, 5.74) is 4.84. The minimum Gasteiger partial charge on any atom is -0.492 e. The Morgan fingerprint density at radius 3 is 2.43 bits per heavy atom. The van der Waals surface area contributed by atoms with Crippen LogP contribution in [-0.4, -0.2) is 38.9 Å². The van der Waals surface area contributed by atoms with Crippen molar-refractivity contribution >= 4 is 20.7 Å². The first-order valence-corrected chi connectivity index (χ1v) is 14.0. The van der Waals surface area contributed by atoms with Crippen molar-refractivity contribution in [2.24, 2.45) is 0 Å². The smallest absolute Gasteiger partial charge is 0.175 e. The molecule has 1 aromatic heterocycles. The molecule has 5 rings (SSSR count). The lowest BCUT2D eigenvalue weighted by molar-refractivity contribution is 0.271. The molecule has 1 fully saturated rings. The van der Waals surface area contributed by atoms with Crippen molar-refractivity contribution < 1.29 is 13.2 Å². The molecule has 0 saturated carbocycles. The first-order chi connectivity index (χ1) is 17.0. The van der Waals surface area contributed by atoms with Gasteiger partial charge in [0.05, 0.1) is 17.0 Å². The average molecular weight is 487 g/mol. The molecule has 0 spiro atoms. The van der Waals surface area contributed by atoms with Gasteiger partial charge in [0.25, 0.3) is 0 Å². The summed E-state index contributed by atoms with van der Waals surface area (Å²) in [6.45, 7) is 1.71. The van der Waals surface area contributed by atoms with Crippen LogP contribution in [0.2, 0.25) is 0 Å². The average Bonchev–Trinajstić information content (AvgIpc) is 2.89. The Labute approximate surface area is 207 Å². The van der Waals surface area contributed by atoms with Gasteiger partial charge < -0.3 is 10.1 Å². The number of hydrogen-bond donors (Lipinski definition) is 1. The number of sulfone groups is 1. The van der Waals surface area contributed by atoms with E-state index in [-0.39, 0.29) is 0 Å². The Hall–Kier alpha value is -3.22. The topological polar surface area (TPSA) is 68.3 Å². The van der Waals surface area contributed by atoms with Gasteiger partial charge in [0.15, 0.2) is 9.84 Å². The normalized spacial score (nSPS) is 16.3. The summed E-state index contributed by atoms with van der Waals surface area (Å²) in [5, 5.41) is 4.55. The van der Waals surface area contributed by atoms with Crippen molar-refractivity contribution in [3.05, 3.63) is 79.0 Å². The van der Waals surface area contributed by atoms with Crippen molar-refractivity contribution in [3.63, 3.8) is 0 Å². The van der Waals surface area contributed by atoms with Gasteiger partial charge in [-0.25, -0.2) is 8.42 Å². The summed E-state index contributed by atoms with van der Waals surface area (Å²) in [5.74, 6) is 0.839. The highest BCUT2D eigenvalue weighted by Gasteiger charge is 2.16. The third-order valence-electron chi connectivity index (χ3n) is 6.64. The molecular formula is C29H30N2O3S. The van der Waals surface area contributed by atoms with Gasteiger partial charge in [-0.1, -0.05) is 55.0 Å². The van der Waals surface area contributed by atoms with Crippen LogP contribution in [0.5, 0.6) is 5.75 Å². The van der Waals surface area contributed by atoms with E-state index in [1.54, 1.807) is 12.1 Å². The monoisotopic (exact) mass is 486 g/mol. The SMILES string of the molecule is CS(=O)(=O)c1ccc(-c2ccc3ncc(-c4ccccc4)c(OCCC4CCCCN4)c3c2)cc1. The highest BCUT2D eigenvalue weighted by atomic mass is 32.2. The Morgan fingerprint density at radius 2 is 1.71 bits per heavy atom. The molecule has 0 bridgehead atoms. The van der Waals surface area contributed by atoms with Crippen LogP contribution < -0.4 is 10.1 Å². The van der Waals surface area contributed by atoms with Gasteiger partial charge in [-0.3, -0.25) is 4.98 Å². The van der Waals surface area contributed by atoms with Crippen LogP contribution in [0.4, 0.5) is 0 Å². The van der Waals surface area contributed by atoms with Crippen LogP contribution in [-0.2, 0) is 9.84 Å². The molecule has 1 unspecified atom stereocenters. The molecule has 2 heterocycles. The molecule has 180 valence electrons. The van der Waals surface area contributed by atoms with Crippen LogP contribution in [0.3, 0.4) is 0 Å². The van der Waals surface area contributed by atoms with Crippen molar-refractivity contribution in [1.82, 2.24) is 10.3 Å². The quantitative estimate of drug-likeness (QED) is 0.353. The van der Waals surface area contributed by atoms with E-state index in [9.17, 15) is 8.42 Å². The molecule has 3 aromatic carbocycles. The van der Waals surface area contributed by atoms with Crippen LogP contribution in [0.1, 0.15) is 25.7 Å². The number of aromatic nitrogens is 1. The lowest BCUT2D eigenvalue weighted by Gasteiger charge is -2.24. The fraction of sp³-hybridized carbons (Fsp3) is 0.276. The predicted molar refractivity (Wildman–Crippen MR) is 141 cm³/mol. The summed E-state index contributed by atoms with van der Waals surface area (Å²) >= 11 is 0. The maximum Gasteiger partial charge on any atom is 0.175 e. The number of hydrogen-bond acceptors (Lipinski definition) is 5. The number of rotatable bonds is 7. The molecule has 4 aromatic rings. The molecule has 5 nitrogen and oxygen atoms in total. The number of benzene rings is 3. The maximum atomic E-state index is 11.9. The van der Waals surface area contributed by atoms with E-state index in [4.69, 9.17) is 9.72 Å². The summed E-state index contributed by atoms with van der Waals surface area (Å²) in [6.07, 6.45) is 7.79. The van der Waals surface area contributed by atoms with E-state index in [1.807, 2.05) is 48.7 Å². The van der Waals surface area contributed by atoms with E-state index in [1.165, 1.54) is 25.5 Å². The summed E-state index contributed by atoms with van der Waals surface area (Å²) < 4.78 is 30.2. The summed E-state index contributed by atoms with van der Waals surface area (Å²) in [7, 11) is -3.23. The lowest BCUT2D eigenvalue weighted by atomic mass is 9.99. The van der Waals surface area contributed by atoms with E-state index < -0.39 is 9.84 Å². The highest BCUT2D eigenvalue weighted by molar-refractivity contribution is 7.90. The second-order valence-electron chi connectivity index (χ2n) is 9.18. The Morgan fingerprint density at radius 1 is 0.943 bits per heavy atom. The Kier molecular flexibility index (Phi) is 6.84. The van der Waals surface area contributed by atoms with Crippen LogP contribution in [0.25, 0.3) is 33.2 Å². The van der Waals surface area contributed by atoms with Crippen molar-refractivity contribution in [1.29, 1.82) is 0 Å². The van der Waals surface area contributed by atoms with Crippen molar-refractivity contribution in [2.75, 3.05) is 19.4 Å². The third-order valence-corrected chi connectivity index (χ3v) is 7.77. The fourth-order valence-corrected chi connectivity index (χ4v) is 5.33. The lowest BCUT2D eigenvalue weighted by Crippen LogP contribution is -2.35. The number of nitrogens with one attached hydrogen (secondary N) is 1. The molecule has 1 N–H and O–H groups in total. The van der Waals surface area contributed by atoms with Gasteiger partial charge in [-0.15, -0.1) is 0 Å². The van der Waals surface area contributed by atoms with Gasteiger partial charge in [-0.05, 0) is 66.8 Å². The van der Waals surface area contributed by atoms with Gasteiger partial charge in [-0.2, -0.15) is 0 Å². The second-order valence-corrected chi connectivity index (χ2v) is 11.2. The maximum absolute atomic E-state index is 11.9. The zero-order valence-corrected chi connectivity index (χ0v) is 20.7. The van der Waals surface area contributed by atoms with Gasteiger partial charge in [0.2, 0.25) is 0 Å². The predicted octanol–water partition coefficient (Wildman–Crippen LogP) is 5.88. The molecule has 1 saturated heterocycles. The van der Waals surface area contributed by atoms with Crippen molar-refractivity contribution in [3.8, 4) is 28.0 Å². The zero-order chi connectivity index (χ0) is 24.3. The number of pyridine rings is 1. The number of nitrogens with zero attached hydrogens (tertiary/aromatic N) is 1. The van der Waals surface area contributed by atoms with Gasteiger partial charge >= 0.3 is 0 Å². The van der Waals surface area contributed by atoms with E-state index in [0.29, 0.717) is 17.5 Å². The molecule has 1 atom stereocenters. The van der Waals surface area contributed by atoms with Crippen LogP contribution in [0, 0.1) is 0 Å². The number of ether oxygens (including phenoxy) is 1. The fourth-order valence-electron chi connectivity index (χ4n) is 4.69. The first-order valence-electron chi connectivity index (χ1n) is 12.1. The molecule has 0 aliphatic carbocycles. The van der Waals surface area contributed by atoms with Crippen LogP contribution >= 0.6 is 0 Å². The third kappa shape index (κ3) is 5.39. The standard InChI is InChI=1S/C29H30N2O3S/c1-35(32,33)25-13-10-21(11-14-25)23-12-15-28-26(19-23)29(34-18-16-24-9-5-6-17-30-24)27(20-31-28)22-7-3-2-4-8-22/h2-4,7-8,10-15,19-20,24,30H,5-6,9,16-18H2,1H3. The van der Waals surface area contributed by atoms with E-state index in [0.717, 1.165) is 51.9 Å². The summed E-state index contributed by atoms with van der Waals surface area (Å²) in [4.78, 5) is 5.04. The van der Waals surface area contributed by atoms with Crippen molar-refractivity contribution in [2.45, 2.75) is 36.6 Å². The zero-order valence-electron chi connectivity index (χ0n) is 19.9. The molecule has 1 aliphatic rings. The summed E-state index contributed by atoms with van der Waals surface area (Å²) in [6, 6.07) is 23.8. The molecule has 0 amide bonds. The van der Waals surface area contributed by atoms with Crippen LogP contribution in [0.15, 0.2) is 83.9 Å². The Bertz CT molecular complexity index is 1410. The molecular weight excluding hydrogens is 456 g/mol.